The molecule has 2 aromatic rings. The molecule has 112 valence electrons. The van der Waals surface area contributed by atoms with Crippen LogP contribution in [0.25, 0.3) is 0 Å². The summed E-state index contributed by atoms with van der Waals surface area (Å²) >= 11 is 0. The third kappa shape index (κ3) is 2.51. The van der Waals surface area contributed by atoms with Crippen LogP contribution < -0.4 is 5.32 Å². The van der Waals surface area contributed by atoms with Crippen LogP contribution in [0.5, 0.6) is 0 Å². The summed E-state index contributed by atoms with van der Waals surface area (Å²) in [6.45, 7) is 10.7. The summed E-state index contributed by atoms with van der Waals surface area (Å²) in [6.07, 6.45) is 1.21. The highest BCUT2D eigenvalue weighted by atomic mass is 15.3. The minimum absolute atomic E-state index is 0.359. The first-order chi connectivity index (χ1) is 10.1. The third-order valence-electron chi connectivity index (χ3n) is 4.80. The molecule has 0 saturated carbocycles. The summed E-state index contributed by atoms with van der Waals surface area (Å²) in [6, 6.07) is 9.15. The number of nitrogens with one attached hydrogen (secondary N) is 1. The highest BCUT2D eigenvalue weighted by Crippen LogP contribution is 2.34. The quantitative estimate of drug-likeness (QED) is 0.910. The van der Waals surface area contributed by atoms with Gasteiger partial charge in [-0.2, -0.15) is 5.10 Å². The normalized spacial score (nSPS) is 18.2. The third-order valence-corrected chi connectivity index (χ3v) is 4.80. The lowest BCUT2D eigenvalue weighted by atomic mass is 9.77. The number of rotatable bonds is 5. The number of aryl methyl sites for hydroxylation is 2. The van der Waals surface area contributed by atoms with Crippen molar-refractivity contribution in [3.63, 3.8) is 0 Å². The van der Waals surface area contributed by atoms with Crippen molar-refractivity contribution < 1.29 is 0 Å². The number of hydrogen-bond donors (Lipinski definition) is 1. The van der Waals surface area contributed by atoms with Gasteiger partial charge in [0.05, 0.1) is 5.69 Å². The van der Waals surface area contributed by atoms with Crippen LogP contribution in [0.3, 0.4) is 0 Å². The average molecular weight is 283 g/mol. The van der Waals surface area contributed by atoms with E-state index < -0.39 is 0 Å². The van der Waals surface area contributed by atoms with E-state index in [9.17, 15) is 0 Å². The summed E-state index contributed by atoms with van der Waals surface area (Å²) in [7, 11) is 0. The predicted molar refractivity (Wildman–Crippen MR) is 86.7 cm³/mol. The minimum Gasteiger partial charge on any atom is -0.309 e. The monoisotopic (exact) mass is 283 g/mol. The van der Waals surface area contributed by atoms with Crippen LogP contribution in [0.2, 0.25) is 0 Å². The Morgan fingerprint density at radius 3 is 2.76 bits per heavy atom. The predicted octanol–water partition coefficient (Wildman–Crippen LogP) is 3.51. The van der Waals surface area contributed by atoms with E-state index in [1.54, 1.807) is 0 Å². The standard InChI is InChI=1S/C18H25N3/c1-5-21-14(4)18(13(3)20-21)12(2)19-11-16-10-15-8-6-7-9-17(15)16/h6-9,12,16,19H,5,10-11H2,1-4H3. The molecule has 1 aliphatic carbocycles. The lowest BCUT2D eigenvalue weighted by molar-refractivity contribution is 0.486. The van der Waals surface area contributed by atoms with E-state index in [4.69, 9.17) is 0 Å². The molecule has 0 fully saturated rings. The first kappa shape index (κ1) is 14.3. The second-order valence-electron chi connectivity index (χ2n) is 6.13. The van der Waals surface area contributed by atoms with Crippen LogP contribution in [0, 0.1) is 13.8 Å². The van der Waals surface area contributed by atoms with Crippen LogP contribution in [-0.2, 0) is 13.0 Å². The second kappa shape index (κ2) is 5.64. The maximum absolute atomic E-state index is 4.62. The van der Waals surface area contributed by atoms with Crippen molar-refractivity contribution in [2.45, 2.75) is 52.6 Å². The summed E-state index contributed by atoms with van der Waals surface area (Å²) in [5, 5.41) is 8.33. The van der Waals surface area contributed by atoms with Gasteiger partial charge in [-0.1, -0.05) is 24.3 Å². The molecule has 1 N–H and O–H groups in total. The molecule has 2 atom stereocenters. The van der Waals surface area contributed by atoms with Crippen LogP contribution in [0.4, 0.5) is 0 Å². The largest absolute Gasteiger partial charge is 0.309 e. The number of hydrogen-bond acceptors (Lipinski definition) is 2. The summed E-state index contributed by atoms with van der Waals surface area (Å²) in [5.74, 6) is 0.672. The second-order valence-corrected chi connectivity index (χ2v) is 6.13. The Labute approximate surface area is 127 Å². The lowest BCUT2D eigenvalue weighted by Crippen LogP contribution is -2.31. The Bertz CT molecular complexity index is 642. The number of aromatic nitrogens is 2. The molecule has 3 heteroatoms. The van der Waals surface area contributed by atoms with Crippen molar-refractivity contribution in [1.82, 2.24) is 15.1 Å². The minimum atomic E-state index is 0.359. The maximum atomic E-state index is 4.62. The van der Waals surface area contributed by atoms with Crippen molar-refractivity contribution in [3.8, 4) is 0 Å². The number of benzene rings is 1. The molecule has 0 spiro atoms. The highest BCUT2D eigenvalue weighted by Gasteiger charge is 2.26. The topological polar surface area (TPSA) is 29.9 Å². The highest BCUT2D eigenvalue weighted by molar-refractivity contribution is 5.40. The fourth-order valence-corrected chi connectivity index (χ4v) is 3.61. The van der Waals surface area contributed by atoms with E-state index in [0.29, 0.717) is 12.0 Å². The van der Waals surface area contributed by atoms with Gasteiger partial charge in [0.15, 0.2) is 0 Å². The number of nitrogens with zero attached hydrogens (tertiary/aromatic N) is 2. The zero-order valence-electron chi connectivity index (χ0n) is 13.5. The smallest absolute Gasteiger partial charge is 0.0644 e. The fraction of sp³-hybridized carbons (Fsp3) is 0.500. The first-order valence-corrected chi connectivity index (χ1v) is 7.96. The number of fused-ring (bicyclic) bond motifs is 1. The van der Waals surface area contributed by atoms with Crippen molar-refractivity contribution in [2.75, 3.05) is 6.54 Å². The average Bonchev–Trinajstić information content (AvgIpc) is 2.74. The maximum Gasteiger partial charge on any atom is 0.0644 e. The Morgan fingerprint density at radius 1 is 1.33 bits per heavy atom. The molecule has 3 nitrogen and oxygen atoms in total. The lowest BCUT2D eigenvalue weighted by Gasteiger charge is -2.31. The Balaban J connectivity index is 1.66. The van der Waals surface area contributed by atoms with Crippen LogP contribution in [-0.4, -0.2) is 16.3 Å². The molecule has 0 bridgehead atoms. The van der Waals surface area contributed by atoms with Gasteiger partial charge in [0.25, 0.3) is 0 Å². The SMILES string of the molecule is CCn1nc(C)c(C(C)NCC2Cc3ccccc32)c1C. The van der Waals surface area contributed by atoms with Gasteiger partial charge < -0.3 is 5.32 Å². The summed E-state index contributed by atoms with van der Waals surface area (Å²) < 4.78 is 2.10. The van der Waals surface area contributed by atoms with Crippen LogP contribution in [0.15, 0.2) is 24.3 Å². The van der Waals surface area contributed by atoms with E-state index in [1.807, 2.05) is 0 Å². The molecule has 0 radical (unpaired) electrons. The van der Waals surface area contributed by atoms with Gasteiger partial charge in [-0.3, -0.25) is 4.68 Å². The molecule has 0 aliphatic heterocycles. The summed E-state index contributed by atoms with van der Waals surface area (Å²) in [5.41, 5.74) is 6.86. The van der Waals surface area contributed by atoms with Gasteiger partial charge in [-0.15, -0.1) is 0 Å². The van der Waals surface area contributed by atoms with Crippen molar-refractivity contribution in [3.05, 3.63) is 52.3 Å². The van der Waals surface area contributed by atoms with Gasteiger partial charge in [0.2, 0.25) is 0 Å². The van der Waals surface area contributed by atoms with Crippen LogP contribution >= 0.6 is 0 Å². The van der Waals surface area contributed by atoms with Crippen LogP contribution in [0.1, 0.15) is 53.9 Å². The zero-order valence-corrected chi connectivity index (χ0v) is 13.5. The van der Waals surface area contributed by atoms with E-state index in [-0.39, 0.29) is 0 Å². The van der Waals surface area contributed by atoms with Crippen molar-refractivity contribution in [2.24, 2.45) is 0 Å². The molecule has 3 rings (SSSR count). The van der Waals surface area contributed by atoms with Crippen molar-refractivity contribution in [1.29, 1.82) is 0 Å². The molecule has 0 amide bonds. The Morgan fingerprint density at radius 2 is 2.10 bits per heavy atom. The van der Waals surface area contributed by atoms with E-state index in [1.165, 1.54) is 28.8 Å². The summed E-state index contributed by atoms with van der Waals surface area (Å²) in [4.78, 5) is 0. The molecule has 1 aromatic carbocycles. The van der Waals surface area contributed by atoms with Gasteiger partial charge in [-0.05, 0) is 45.2 Å². The van der Waals surface area contributed by atoms with Gasteiger partial charge in [0.1, 0.15) is 0 Å². The Hall–Kier alpha value is -1.61. The molecule has 0 saturated heterocycles. The molecular weight excluding hydrogens is 258 g/mol. The fourth-order valence-electron chi connectivity index (χ4n) is 3.61. The van der Waals surface area contributed by atoms with Gasteiger partial charge in [0, 0.05) is 36.3 Å². The molecular formula is C18H25N3. The van der Waals surface area contributed by atoms with Crippen molar-refractivity contribution >= 4 is 0 Å². The van der Waals surface area contributed by atoms with Gasteiger partial charge >= 0.3 is 0 Å². The molecule has 1 aliphatic rings. The zero-order chi connectivity index (χ0) is 15.0. The van der Waals surface area contributed by atoms with Gasteiger partial charge in [-0.25, -0.2) is 0 Å². The van der Waals surface area contributed by atoms with E-state index in [0.717, 1.165) is 18.8 Å². The molecule has 21 heavy (non-hydrogen) atoms. The van der Waals surface area contributed by atoms with E-state index >= 15 is 0 Å². The molecule has 1 aromatic heterocycles. The molecule has 1 heterocycles. The first-order valence-electron chi connectivity index (χ1n) is 7.96. The molecule has 2 unspecified atom stereocenters. The Kier molecular flexibility index (Phi) is 3.85. The van der Waals surface area contributed by atoms with E-state index in [2.05, 4.69) is 67.1 Å².